The minimum atomic E-state index is -1.13. The van der Waals surface area contributed by atoms with Crippen molar-refractivity contribution in [3.63, 3.8) is 0 Å². The summed E-state index contributed by atoms with van der Waals surface area (Å²) in [4.78, 5) is 53.6. The fourth-order valence-corrected chi connectivity index (χ4v) is 6.68. The Morgan fingerprint density at radius 3 is 2.50 bits per heavy atom. The van der Waals surface area contributed by atoms with Crippen molar-refractivity contribution in [2.45, 2.75) is 70.0 Å². The molecule has 190 valence electrons. The number of nitrogens with two attached hydrogens (primary N) is 1. The van der Waals surface area contributed by atoms with Crippen LogP contribution >= 0.6 is 11.8 Å². The summed E-state index contributed by atoms with van der Waals surface area (Å²) in [6.07, 6.45) is 1.13. The number of β-lactam (4-membered cyclic amide) rings is 1. The van der Waals surface area contributed by atoms with Gasteiger partial charge in [-0.2, -0.15) is 0 Å². The third-order valence-corrected chi connectivity index (χ3v) is 8.40. The van der Waals surface area contributed by atoms with E-state index in [-0.39, 0.29) is 52.6 Å². The highest BCUT2D eigenvalue weighted by Crippen LogP contribution is 2.51. The summed E-state index contributed by atoms with van der Waals surface area (Å²) in [7, 11) is 3.42. The van der Waals surface area contributed by atoms with Crippen molar-refractivity contribution in [1.29, 1.82) is 0 Å². The summed E-state index contributed by atoms with van der Waals surface area (Å²) in [6, 6.07) is -1.74. The molecule has 7 atom stereocenters. The number of nitrogens with one attached hydrogen (secondary N) is 2. The number of carboxylic acid groups (broad SMARTS) is 1. The van der Waals surface area contributed by atoms with Gasteiger partial charge in [-0.1, -0.05) is 20.8 Å². The maximum absolute atomic E-state index is 13.0. The third-order valence-electron chi connectivity index (χ3n) is 6.89. The normalized spacial score (nSPS) is 30.2. The molecule has 3 aliphatic heterocycles. The Hall–Kier alpha value is -2.11. The number of rotatable bonds is 9. The van der Waals surface area contributed by atoms with Gasteiger partial charge in [0.25, 0.3) is 0 Å². The zero-order valence-electron chi connectivity index (χ0n) is 20.7. The van der Waals surface area contributed by atoms with Crippen molar-refractivity contribution in [3.8, 4) is 0 Å². The molecule has 0 bridgehead atoms. The molecule has 34 heavy (non-hydrogen) atoms. The van der Waals surface area contributed by atoms with Crippen molar-refractivity contribution in [2.75, 3.05) is 20.6 Å². The first kappa shape index (κ1) is 26.5. The van der Waals surface area contributed by atoms with Crippen LogP contribution in [0.2, 0.25) is 0 Å². The Labute approximate surface area is 205 Å². The van der Waals surface area contributed by atoms with Crippen LogP contribution in [0.3, 0.4) is 0 Å². The molecular weight excluding hydrogens is 458 g/mol. The zero-order chi connectivity index (χ0) is 25.5. The van der Waals surface area contributed by atoms with Crippen LogP contribution in [0.4, 0.5) is 0 Å². The number of likely N-dealkylation sites (N-methyl/N-ethyl adjacent to an activating group) is 1. The number of fused-ring (bicyclic) bond motifs is 1. The monoisotopic (exact) mass is 495 g/mol. The van der Waals surface area contributed by atoms with E-state index in [0.717, 1.165) is 0 Å². The minimum absolute atomic E-state index is 0.00527. The van der Waals surface area contributed by atoms with E-state index in [4.69, 9.17) is 5.73 Å². The van der Waals surface area contributed by atoms with Gasteiger partial charge in [-0.3, -0.25) is 14.4 Å². The molecule has 3 aliphatic rings. The highest BCUT2D eigenvalue weighted by atomic mass is 32.2. The summed E-state index contributed by atoms with van der Waals surface area (Å²) < 4.78 is 0. The molecule has 11 heteroatoms. The number of hydrogen-bond acceptors (Lipinski definition) is 7. The number of nitrogens with zero attached hydrogens (tertiary/aromatic N) is 2. The molecule has 5 N–H and O–H groups in total. The minimum Gasteiger partial charge on any atom is -0.477 e. The maximum atomic E-state index is 13.0. The summed E-state index contributed by atoms with van der Waals surface area (Å²) >= 11 is 1.45. The molecule has 2 saturated heterocycles. The summed E-state index contributed by atoms with van der Waals surface area (Å²) in [5, 5.41) is 16.0. The molecule has 0 saturated carbocycles. The van der Waals surface area contributed by atoms with Gasteiger partial charge in [-0.15, -0.1) is 11.8 Å². The second-order valence-corrected chi connectivity index (χ2v) is 11.6. The van der Waals surface area contributed by atoms with Gasteiger partial charge in [-0.05, 0) is 25.7 Å². The van der Waals surface area contributed by atoms with Gasteiger partial charge in [-0.25, -0.2) is 4.79 Å². The van der Waals surface area contributed by atoms with Crippen molar-refractivity contribution >= 4 is 35.5 Å². The summed E-state index contributed by atoms with van der Waals surface area (Å²) in [5.74, 6) is -2.16. The number of carbonyl (C=O) groups is 4. The predicted molar refractivity (Wildman–Crippen MR) is 129 cm³/mol. The Morgan fingerprint density at radius 2 is 1.94 bits per heavy atom. The molecule has 0 aromatic heterocycles. The van der Waals surface area contributed by atoms with E-state index in [2.05, 4.69) is 10.6 Å². The highest BCUT2D eigenvalue weighted by molar-refractivity contribution is 8.03. The zero-order valence-corrected chi connectivity index (χ0v) is 21.5. The average Bonchev–Trinajstić information content (AvgIpc) is 3.29. The van der Waals surface area contributed by atoms with E-state index < -0.39 is 24.0 Å². The smallest absolute Gasteiger partial charge is 0.353 e. The van der Waals surface area contributed by atoms with Crippen LogP contribution < -0.4 is 16.4 Å². The van der Waals surface area contributed by atoms with Crippen LogP contribution in [-0.2, 0) is 19.2 Å². The van der Waals surface area contributed by atoms with Gasteiger partial charge in [0.15, 0.2) is 0 Å². The Kier molecular flexibility index (Phi) is 7.99. The Bertz CT molecular complexity index is 891. The van der Waals surface area contributed by atoms with E-state index in [1.807, 2.05) is 20.8 Å². The molecule has 0 aromatic carbocycles. The molecule has 0 aromatic rings. The maximum Gasteiger partial charge on any atom is 0.353 e. The summed E-state index contributed by atoms with van der Waals surface area (Å²) in [5.41, 5.74) is 6.02. The predicted octanol–water partition coefficient (Wildman–Crippen LogP) is 0.189. The van der Waals surface area contributed by atoms with Crippen LogP contribution in [0.25, 0.3) is 0 Å². The first-order valence-electron chi connectivity index (χ1n) is 11.8. The Morgan fingerprint density at radius 1 is 1.29 bits per heavy atom. The fraction of sp³-hybridized carbons (Fsp3) is 0.739. The van der Waals surface area contributed by atoms with E-state index in [1.165, 1.54) is 16.7 Å². The fourth-order valence-electron chi connectivity index (χ4n) is 5.21. The first-order chi connectivity index (χ1) is 15.8. The molecule has 0 aliphatic carbocycles. The quantitative estimate of drug-likeness (QED) is 0.332. The molecule has 2 unspecified atom stereocenters. The van der Waals surface area contributed by atoms with Gasteiger partial charge in [0.2, 0.25) is 17.7 Å². The highest BCUT2D eigenvalue weighted by Gasteiger charge is 2.60. The van der Waals surface area contributed by atoms with Gasteiger partial charge >= 0.3 is 5.97 Å². The van der Waals surface area contributed by atoms with Gasteiger partial charge in [0.1, 0.15) is 5.70 Å². The van der Waals surface area contributed by atoms with Crippen LogP contribution in [0.1, 0.15) is 40.5 Å². The molecule has 0 radical (unpaired) electrons. The van der Waals surface area contributed by atoms with E-state index in [0.29, 0.717) is 24.3 Å². The van der Waals surface area contributed by atoms with Gasteiger partial charge in [0, 0.05) is 42.8 Å². The lowest BCUT2D eigenvalue weighted by atomic mass is 9.78. The lowest BCUT2D eigenvalue weighted by molar-refractivity contribution is -0.158. The average molecular weight is 496 g/mol. The largest absolute Gasteiger partial charge is 0.477 e. The molecule has 2 fully saturated rings. The van der Waals surface area contributed by atoms with Crippen molar-refractivity contribution < 1.29 is 24.3 Å². The van der Waals surface area contributed by atoms with Crippen LogP contribution in [0, 0.1) is 17.8 Å². The molecule has 3 amide bonds. The number of aliphatic carboxylic acids is 1. The number of carbonyl (C=O) groups excluding carboxylic acids is 3. The van der Waals surface area contributed by atoms with Crippen LogP contribution in [-0.4, -0.2) is 88.7 Å². The van der Waals surface area contributed by atoms with Crippen LogP contribution in [0.5, 0.6) is 0 Å². The van der Waals surface area contributed by atoms with Gasteiger partial charge in [0.05, 0.1) is 24.0 Å². The topological polar surface area (TPSA) is 145 Å². The number of hydrogen-bond donors (Lipinski definition) is 4. The lowest BCUT2D eigenvalue weighted by Gasteiger charge is -2.47. The molecule has 0 spiro atoms. The lowest BCUT2D eigenvalue weighted by Crippen LogP contribution is -2.66. The number of amides is 3. The molecule has 3 heterocycles. The molecule has 3 rings (SSSR count). The van der Waals surface area contributed by atoms with Gasteiger partial charge < -0.3 is 31.3 Å². The second-order valence-electron chi connectivity index (χ2n) is 10.2. The SMILES string of the molecule is CC(C)C[C@@H](N)C(=O)N[C@H](C)[C@H]1C(=O)N2C(C(=O)O)=C(SC3CNC(C(=O)N(C)C)C3)[C@H](C)[C@H]12. The van der Waals surface area contributed by atoms with E-state index in [1.54, 1.807) is 25.9 Å². The van der Waals surface area contributed by atoms with Crippen molar-refractivity contribution in [2.24, 2.45) is 23.5 Å². The molecular formula is C23H37N5O5S. The number of carboxylic acids is 1. The molecule has 10 nitrogen and oxygen atoms in total. The van der Waals surface area contributed by atoms with Crippen molar-refractivity contribution in [3.05, 3.63) is 10.6 Å². The first-order valence-corrected chi connectivity index (χ1v) is 12.7. The number of thioether (sulfide) groups is 1. The van der Waals surface area contributed by atoms with Crippen molar-refractivity contribution in [1.82, 2.24) is 20.4 Å². The second kappa shape index (κ2) is 10.2. The Balaban J connectivity index is 1.71. The van der Waals surface area contributed by atoms with E-state index in [9.17, 15) is 24.3 Å². The third kappa shape index (κ3) is 4.96. The van der Waals surface area contributed by atoms with Crippen LogP contribution in [0.15, 0.2) is 10.6 Å². The summed E-state index contributed by atoms with van der Waals surface area (Å²) in [6.45, 7) is 8.26. The standard InChI is InChI=1S/C23H37N5O5S/c1-10(2)7-14(24)20(29)26-12(4)16-17-11(3)19(18(23(32)33)28(17)22(16)31)34-13-8-15(25-9-13)21(30)27(5)6/h10-17,25H,7-9,24H2,1-6H3,(H,26,29)(H,32,33)/t11-,12-,13?,14-,15?,16-,17-/m1/s1. The van der Waals surface area contributed by atoms with E-state index >= 15 is 0 Å².